The van der Waals surface area contributed by atoms with E-state index in [1.807, 2.05) is 7.05 Å². The van der Waals surface area contributed by atoms with Crippen LogP contribution in [0.2, 0.25) is 0 Å². The van der Waals surface area contributed by atoms with Gasteiger partial charge < -0.3 is 5.32 Å². The van der Waals surface area contributed by atoms with Crippen LogP contribution in [0.25, 0.3) is 0 Å². The first-order valence-corrected chi connectivity index (χ1v) is 46.1. The Morgan fingerprint density at radius 1 is 0.198 bits per heavy atom. The molecule has 0 atom stereocenters. The number of nitrogens with one attached hydrogen (secondary N) is 1. The number of thioether (sulfide) groups is 11. The summed E-state index contributed by atoms with van der Waals surface area (Å²) in [6.07, 6.45) is 30.3. The third kappa shape index (κ3) is 36.0. The van der Waals surface area contributed by atoms with E-state index in [0.717, 1.165) is 258 Å². The van der Waals surface area contributed by atoms with Gasteiger partial charge >= 0.3 is 0 Å². The zero-order valence-corrected chi connectivity index (χ0v) is 67.3. The van der Waals surface area contributed by atoms with E-state index in [9.17, 15) is 0 Å². The summed E-state index contributed by atoms with van der Waals surface area (Å²) in [6.45, 7) is 15.5. The van der Waals surface area contributed by atoms with Gasteiger partial charge in [-0.25, -0.2) is 54.8 Å². The van der Waals surface area contributed by atoms with Crippen LogP contribution in [0.5, 0.6) is 0 Å². The molecule has 0 aliphatic heterocycles. The van der Waals surface area contributed by atoms with Crippen LogP contribution in [0.3, 0.4) is 0 Å². The maximum atomic E-state index is 5.04. The molecule has 6 aromatic heterocycles. The molecule has 0 saturated carbocycles. The number of hydrogen-bond donors (Lipinski definition) is 1. The van der Waals surface area contributed by atoms with E-state index in [1.165, 1.54) is 83.5 Å². The van der Waals surface area contributed by atoms with Gasteiger partial charge in [-0.1, -0.05) is 255 Å². The molecule has 0 fully saturated rings. The number of nitrogens with zero attached hydrogens (tertiary/aromatic N) is 18. The van der Waals surface area contributed by atoms with Crippen molar-refractivity contribution in [1.82, 2.24) is 89.7 Å². The second-order valence-corrected chi connectivity index (χ2v) is 34.3. The molecule has 96 heavy (non-hydrogen) atoms. The van der Waals surface area contributed by atoms with Crippen LogP contribution in [-0.4, -0.2) is 160 Å². The number of unbranched alkanes of at least 4 members (excludes halogenated alkanes) is 12. The van der Waals surface area contributed by atoms with Gasteiger partial charge in [0.1, 0.15) is 34.9 Å². The van der Waals surface area contributed by atoms with E-state index in [2.05, 4.69) is 63.8 Å². The molecule has 0 saturated heterocycles. The Labute approximate surface area is 621 Å². The lowest BCUT2D eigenvalue weighted by molar-refractivity contribution is 0.700. The normalized spacial score (nSPS) is 11.6. The average molecular weight is 1520 g/mol. The van der Waals surface area contributed by atoms with Crippen molar-refractivity contribution in [1.29, 1.82) is 0 Å². The third-order valence-electron chi connectivity index (χ3n) is 14.2. The summed E-state index contributed by atoms with van der Waals surface area (Å²) in [5.41, 5.74) is 0. The average Bonchev–Trinajstić information content (AvgIpc) is 1.20. The molecule has 0 aliphatic rings. The summed E-state index contributed by atoms with van der Waals surface area (Å²) < 4.78 is 0. The molecule has 1 N–H and O–H groups in total. The molecule has 19 nitrogen and oxygen atoms in total. The smallest absolute Gasteiger partial charge is 0.226 e. The first kappa shape index (κ1) is 82.7. The first-order valence-electron chi connectivity index (χ1n) is 35.3. The highest BCUT2D eigenvalue weighted by Crippen LogP contribution is 2.29. The molecule has 6 heterocycles. The van der Waals surface area contributed by atoms with Gasteiger partial charge in [0.15, 0.2) is 56.7 Å². The molecular formula is C66H105N19S11. The van der Waals surface area contributed by atoms with Crippen LogP contribution < -0.4 is 5.32 Å². The van der Waals surface area contributed by atoms with Gasteiger partial charge in [0.2, 0.25) is 5.95 Å². The molecule has 6 rings (SSSR count). The van der Waals surface area contributed by atoms with Crippen molar-refractivity contribution in [3.05, 3.63) is 34.9 Å². The Balaban J connectivity index is 1.03. The molecular weight excluding hydrogens is 1410 g/mol. The van der Waals surface area contributed by atoms with Gasteiger partial charge in [0.05, 0.1) is 0 Å². The summed E-state index contributed by atoms with van der Waals surface area (Å²) in [4.78, 5) is 88.1. The maximum Gasteiger partial charge on any atom is 0.226 e. The van der Waals surface area contributed by atoms with E-state index >= 15 is 0 Å². The van der Waals surface area contributed by atoms with Gasteiger partial charge in [-0.2, -0.15) is 34.9 Å². The predicted octanol–water partition coefficient (Wildman–Crippen LogP) is 18.7. The Morgan fingerprint density at radius 3 is 0.562 bits per heavy atom. The van der Waals surface area contributed by atoms with Crippen LogP contribution in [0.15, 0.2) is 56.7 Å². The first-order chi connectivity index (χ1) is 47.2. The van der Waals surface area contributed by atoms with E-state index < -0.39 is 0 Å². The molecule has 0 unspecified atom stereocenters. The number of aromatic nitrogens is 18. The Kier molecular flexibility index (Phi) is 45.3. The van der Waals surface area contributed by atoms with Crippen molar-refractivity contribution in [3.8, 4) is 0 Å². The van der Waals surface area contributed by atoms with E-state index in [1.54, 1.807) is 129 Å². The summed E-state index contributed by atoms with van der Waals surface area (Å²) in [7, 11) is 1.86. The van der Waals surface area contributed by atoms with E-state index in [0.29, 0.717) is 5.95 Å². The second-order valence-electron chi connectivity index (χ2n) is 22.6. The monoisotopic (exact) mass is 1520 g/mol. The van der Waals surface area contributed by atoms with Crippen molar-refractivity contribution in [2.24, 2.45) is 0 Å². The molecule has 0 aliphatic carbocycles. The van der Waals surface area contributed by atoms with Crippen LogP contribution in [0.1, 0.15) is 231 Å². The van der Waals surface area contributed by atoms with Crippen molar-refractivity contribution in [2.45, 2.75) is 291 Å². The van der Waals surface area contributed by atoms with Gasteiger partial charge in [-0.05, 0) is 70.6 Å². The van der Waals surface area contributed by atoms with Gasteiger partial charge in [0, 0.05) is 109 Å². The maximum absolute atomic E-state index is 5.04. The topological polar surface area (TPSA) is 244 Å². The van der Waals surface area contributed by atoms with Crippen molar-refractivity contribution in [3.63, 3.8) is 0 Å². The van der Waals surface area contributed by atoms with Crippen LogP contribution >= 0.6 is 129 Å². The highest BCUT2D eigenvalue weighted by molar-refractivity contribution is 8.01. The largest absolute Gasteiger partial charge is 0.357 e. The summed E-state index contributed by atoms with van der Waals surface area (Å²) in [5.74, 6) is 16.0. The minimum atomic E-state index is 0.626. The molecule has 6 aromatic rings. The highest BCUT2D eigenvalue weighted by atomic mass is 32.2. The third-order valence-corrected chi connectivity index (χ3v) is 24.4. The molecule has 0 spiro atoms. The zero-order valence-electron chi connectivity index (χ0n) is 58.3. The molecule has 530 valence electrons. The van der Waals surface area contributed by atoms with Crippen molar-refractivity contribution >= 4 is 135 Å². The molecule has 0 radical (unpaired) electrons. The second kappa shape index (κ2) is 52.6. The Hall–Kier alpha value is -2.29. The summed E-state index contributed by atoms with van der Waals surface area (Å²) >= 11 is 18.9. The molecule has 0 aromatic carbocycles. The van der Waals surface area contributed by atoms with Gasteiger partial charge in [-0.15, -0.1) is 0 Å². The fourth-order valence-corrected chi connectivity index (χ4v) is 18.2. The number of anilines is 1. The summed E-state index contributed by atoms with van der Waals surface area (Å²) in [6, 6.07) is 0. The number of hydrogen-bond acceptors (Lipinski definition) is 30. The zero-order chi connectivity index (χ0) is 67.9. The lowest BCUT2D eigenvalue weighted by atomic mass is 10.3. The Morgan fingerprint density at radius 2 is 0.375 bits per heavy atom. The molecule has 0 bridgehead atoms. The van der Waals surface area contributed by atoms with Crippen LogP contribution in [0, 0.1) is 0 Å². The van der Waals surface area contributed by atoms with E-state index in [-0.39, 0.29) is 0 Å². The number of aryl methyl sites for hydroxylation is 6. The fraction of sp³-hybridized carbons (Fsp3) is 0.727. The Bertz CT molecular complexity index is 2870. The van der Waals surface area contributed by atoms with E-state index in [4.69, 9.17) is 79.7 Å². The van der Waals surface area contributed by atoms with Crippen molar-refractivity contribution < 1.29 is 0 Å². The fourth-order valence-electron chi connectivity index (χ4n) is 8.89. The predicted molar refractivity (Wildman–Crippen MR) is 415 cm³/mol. The van der Waals surface area contributed by atoms with Crippen LogP contribution in [0.4, 0.5) is 5.95 Å². The lowest BCUT2D eigenvalue weighted by Crippen LogP contribution is -2.06. The minimum absolute atomic E-state index is 0.626. The minimum Gasteiger partial charge on any atom is -0.357 e. The SMILES string of the molecule is CCCCCSc1nc(CCCSc2nc(CCCSc3nc(CCCSc4nc(CCCSc5nc(CCCSc6nc(CC)nc(SCCCCC)n6)nc(SCCCCC)n5)nc(SCCCCC)n4)nc(SCCCCC)n3)nc(SCCCCC)n2)nc(NC)n1. The van der Waals surface area contributed by atoms with Crippen LogP contribution in [-0.2, 0) is 38.5 Å². The lowest BCUT2D eigenvalue weighted by Gasteiger charge is -2.09. The summed E-state index contributed by atoms with van der Waals surface area (Å²) in [5, 5.41) is 12.0. The number of rotatable bonds is 57. The standard InChI is InChI=1S/C66H105N19S11/c1-9-16-22-38-86-56-71-50(68-55(67-8)80-56)33-28-44-93-63-76-52(73-59(82-63)88-40-24-18-11-3)35-30-46-95-65-78-54(75-61(84-65)90-42-26-20-13-5)37-32-48-96-66-79-53(74-62(85-66)91-43-27-21-14-6)36-31-47-94-64-77-51(72-60(83-64)89-41-25-19-12-4)34-29-45-92-58-70-49(15-7)69-57(81-58)87-39-23-17-10-2/h9-48H2,1-8H3,(H,67,68,71,80). The quantitative estimate of drug-likeness (QED) is 0.0275. The van der Waals surface area contributed by atoms with Gasteiger partial charge in [0.25, 0.3) is 0 Å². The molecule has 0 amide bonds. The highest BCUT2D eigenvalue weighted by Gasteiger charge is 2.17. The van der Waals surface area contributed by atoms with Crippen molar-refractivity contribution in [2.75, 3.05) is 75.6 Å². The van der Waals surface area contributed by atoms with Gasteiger partial charge in [-0.3, -0.25) is 0 Å². The molecule has 30 heteroatoms.